The number of benzene rings is 2. The Bertz CT molecular complexity index is 941. The Balaban J connectivity index is 1.78. The fourth-order valence-electron chi connectivity index (χ4n) is 3.60. The smallest absolute Gasteiger partial charge is 0.234 e. The summed E-state index contributed by atoms with van der Waals surface area (Å²) < 4.78 is 10.5. The molecule has 1 fully saturated rings. The number of likely N-dealkylation sites (tertiary alicyclic amines) is 1. The molecule has 0 aromatic heterocycles. The summed E-state index contributed by atoms with van der Waals surface area (Å²) in [6.45, 7) is -0.184. The van der Waals surface area contributed by atoms with Crippen LogP contribution in [0.3, 0.4) is 0 Å². The monoisotopic (exact) mass is 429 g/mol. The van der Waals surface area contributed by atoms with Crippen LogP contribution in [0.2, 0.25) is 5.02 Å². The topological polar surface area (TPSA) is 72.9 Å². The maximum Gasteiger partial charge on any atom is 0.234 e. The van der Waals surface area contributed by atoms with E-state index in [9.17, 15) is 14.4 Å². The van der Waals surface area contributed by atoms with E-state index in [1.54, 1.807) is 56.7 Å². The van der Waals surface area contributed by atoms with Gasteiger partial charge < -0.3 is 9.47 Å². The van der Waals surface area contributed by atoms with Crippen molar-refractivity contribution in [1.82, 2.24) is 4.90 Å². The van der Waals surface area contributed by atoms with Crippen LogP contribution in [0, 0.1) is 5.92 Å². The van der Waals surface area contributed by atoms with Crippen LogP contribution in [0.1, 0.15) is 24.0 Å². The number of hydrogen-bond acceptors (Lipinski definition) is 5. The van der Waals surface area contributed by atoms with Crippen LogP contribution in [0.4, 0.5) is 0 Å². The highest BCUT2D eigenvalue weighted by Gasteiger charge is 2.34. The number of nitrogens with zero attached hydrogens (tertiary/aromatic N) is 1. The lowest BCUT2D eigenvalue weighted by Gasteiger charge is -2.23. The minimum absolute atomic E-state index is 0.0379. The van der Waals surface area contributed by atoms with Gasteiger partial charge in [-0.1, -0.05) is 23.7 Å². The Hall–Kier alpha value is -2.86. The van der Waals surface area contributed by atoms with E-state index in [2.05, 4.69) is 0 Å². The van der Waals surface area contributed by atoms with Crippen molar-refractivity contribution < 1.29 is 23.9 Å². The highest BCUT2D eigenvalue weighted by atomic mass is 35.5. The molecule has 7 heteroatoms. The molecule has 2 aromatic carbocycles. The molecule has 1 aliphatic heterocycles. The Labute approximate surface area is 180 Å². The fourth-order valence-corrected chi connectivity index (χ4v) is 3.79. The molecule has 3 rings (SSSR count). The first kappa shape index (κ1) is 21.8. The second-order valence-electron chi connectivity index (χ2n) is 7.28. The first-order valence-corrected chi connectivity index (χ1v) is 10.1. The first-order chi connectivity index (χ1) is 14.4. The molecular formula is C23H24ClNO5. The van der Waals surface area contributed by atoms with Crippen molar-refractivity contribution in [3.05, 3.63) is 58.6 Å². The molecule has 2 amide bonds. The molecule has 0 radical (unpaired) electrons. The Kier molecular flexibility index (Phi) is 7.11. The van der Waals surface area contributed by atoms with Gasteiger partial charge in [0.05, 0.1) is 27.2 Å². The fraction of sp³-hybridized carbons (Fsp3) is 0.348. The van der Waals surface area contributed by atoms with Gasteiger partial charge in [-0.25, -0.2) is 0 Å². The summed E-state index contributed by atoms with van der Waals surface area (Å²) in [6, 6.07) is 12.3. The number of halogens is 1. The summed E-state index contributed by atoms with van der Waals surface area (Å²) >= 11 is 6.11. The lowest BCUT2D eigenvalue weighted by molar-refractivity contribution is -0.148. The number of ether oxygens (including phenoxy) is 2. The molecule has 0 saturated carbocycles. The van der Waals surface area contributed by atoms with Crippen LogP contribution in [0.15, 0.2) is 42.5 Å². The second-order valence-corrected chi connectivity index (χ2v) is 7.71. The number of hydrogen-bond donors (Lipinski definition) is 0. The van der Waals surface area contributed by atoms with E-state index < -0.39 is 5.92 Å². The molecule has 1 atom stereocenters. The molecule has 1 unspecified atom stereocenters. The zero-order valence-corrected chi connectivity index (χ0v) is 17.8. The summed E-state index contributed by atoms with van der Waals surface area (Å²) in [5.41, 5.74) is 1.53. The molecule has 0 spiro atoms. The highest BCUT2D eigenvalue weighted by Crippen LogP contribution is 2.29. The predicted molar refractivity (Wildman–Crippen MR) is 113 cm³/mol. The van der Waals surface area contributed by atoms with Crippen molar-refractivity contribution in [2.75, 3.05) is 20.8 Å². The van der Waals surface area contributed by atoms with Gasteiger partial charge in [0, 0.05) is 17.4 Å². The third kappa shape index (κ3) is 5.19. The maximum absolute atomic E-state index is 13.2. The molecule has 158 valence electrons. The molecule has 6 nitrogen and oxygen atoms in total. The van der Waals surface area contributed by atoms with Gasteiger partial charge in [0.1, 0.15) is 11.5 Å². The van der Waals surface area contributed by atoms with E-state index in [1.165, 1.54) is 0 Å². The van der Waals surface area contributed by atoms with Crippen LogP contribution in [-0.2, 0) is 27.2 Å². The van der Waals surface area contributed by atoms with E-state index in [0.717, 1.165) is 16.0 Å². The van der Waals surface area contributed by atoms with Crippen molar-refractivity contribution in [2.45, 2.75) is 25.7 Å². The Morgan fingerprint density at radius 1 is 1.10 bits per heavy atom. The zero-order valence-electron chi connectivity index (χ0n) is 17.0. The zero-order chi connectivity index (χ0) is 21.7. The van der Waals surface area contributed by atoms with E-state index >= 15 is 0 Å². The number of ketones is 1. The summed E-state index contributed by atoms with van der Waals surface area (Å²) in [5, 5.41) is 0.537. The number of carbonyl (C=O) groups excluding carboxylic acids is 3. The predicted octanol–water partition coefficient (Wildman–Crippen LogP) is 3.48. The van der Waals surface area contributed by atoms with Crippen LogP contribution in [-0.4, -0.2) is 43.3 Å². The minimum Gasteiger partial charge on any atom is -0.497 e. The van der Waals surface area contributed by atoms with Gasteiger partial charge in [0.25, 0.3) is 0 Å². The summed E-state index contributed by atoms with van der Waals surface area (Å²) in [5.74, 6) is -0.0258. The van der Waals surface area contributed by atoms with Crippen molar-refractivity contribution in [2.24, 2.45) is 5.92 Å². The summed E-state index contributed by atoms with van der Waals surface area (Å²) in [6.07, 6.45) is 1.03. The highest BCUT2D eigenvalue weighted by molar-refractivity contribution is 6.30. The van der Waals surface area contributed by atoms with E-state index in [1.807, 2.05) is 0 Å². The van der Waals surface area contributed by atoms with Gasteiger partial charge in [0.15, 0.2) is 5.78 Å². The standard InChI is InChI=1S/C23H24ClNO5/c1-29-20-8-3-15(4-9-20)11-22(27)25-14-19(26)7-5-16(23(25)28)12-17-13-18(24)6-10-21(17)30-2/h3-4,6,8-10,13,16H,5,7,11-12,14H2,1-2H3. The number of carbonyl (C=O) groups is 3. The van der Waals surface area contributed by atoms with Crippen molar-refractivity contribution in [3.8, 4) is 11.5 Å². The largest absolute Gasteiger partial charge is 0.497 e. The molecule has 1 aliphatic rings. The van der Waals surface area contributed by atoms with Gasteiger partial charge in [0.2, 0.25) is 11.8 Å². The summed E-state index contributed by atoms with van der Waals surface area (Å²) in [4.78, 5) is 39.4. The van der Waals surface area contributed by atoms with Crippen molar-refractivity contribution in [1.29, 1.82) is 0 Å². The second kappa shape index (κ2) is 9.76. The number of Topliss-reactive ketones (excluding diaryl/α,β-unsaturated/α-hetero) is 1. The molecule has 1 heterocycles. The molecule has 0 bridgehead atoms. The van der Waals surface area contributed by atoms with Gasteiger partial charge in [-0.05, 0) is 54.3 Å². The quantitative estimate of drug-likeness (QED) is 0.703. The third-order valence-corrected chi connectivity index (χ3v) is 5.48. The molecule has 0 aliphatic carbocycles. The maximum atomic E-state index is 13.2. The van der Waals surface area contributed by atoms with E-state index in [-0.39, 0.29) is 37.0 Å². The van der Waals surface area contributed by atoms with E-state index in [4.69, 9.17) is 21.1 Å². The van der Waals surface area contributed by atoms with Crippen molar-refractivity contribution >= 4 is 29.2 Å². The number of methoxy groups -OCH3 is 2. The van der Waals surface area contributed by atoms with Gasteiger partial charge >= 0.3 is 0 Å². The molecular weight excluding hydrogens is 406 g/mol. The molecule has 2 aromatic rings. The Morgan fingerprint density at radius 3 is 2.50 bits per heavy atom. The van der Waals surface area contributed by atoms with E-state index in [0.29, 0.717) is 29.4 Å². The number of amides is 2. The minimum atomic E-state index is -0.497. The van der Waals surface area contributed by atoms with Gasteiger partial charge in [-0.15, -0.1) is 0 Å². The lowest BCUT2D eigenvalue weighted by atomic mass is 9.93. The van der Waals surface area contributed by atoms with Gasteiger partial charge in [-0.2, -0.15) is 0 Å². The van der Waals surface area contributed by atoms with Crippen LogP contribution < -0.4 is 9.47 Å². The lowest BCUT2D eigenvalue weighted by Crippen LogP contribution is -2.42. The third-order valence-electron chi connectivity index (χ3n) is 5.25. The first-order valence-electron chi connectivity index (χ1n) is 9.72. The molecule has 1 saturated heterocycles. The molecule has 0 N–H and O–H groups in total. The van der Waals surface area contributed by atoms with Crippen LogP contribution in [0.25, 0.3) is 0 Å². The Morgan fingerprint density at radius 2 is 1.83 bits per heavy atom. The van der Waals surface area contributed by atoms with Gasteiger partial charge in [-0.3, -0.25) is 19.3 Å². The average molecular weight is 430 g/mol. The number of rotatable bonds is 6. The van der Waals surface area contributed by atoms with Crippen LogP contribution in [0.5, 0.6) is 11.5 Å². The van der Waals surface area contributed by atoms with Crippen LogP contribution >= 0.6 is 11.6 Å². The van der Waals surface area contributed by atoms with Crippen molar-refractivity contribution in [3.63, 3.8) is 0 Å². The average Bonchev–Trinajstić information content (AvgIpc) is 2.88. The SMILES string of the molecule is COc1ccc(CC(=O)N2CC(=O)CCC(Cc3cc(Cl)ccc3OC)C2=O)cc1. The number of imide groups is 1. The summed E-state index contributed by atoms with van der Waals surface area (Å²) in [7, 11) is 3.12. The normalized spacial score (nSPS) is 16.9. The molecule has 30 heavy (non-hydrogen) atoms.